The van der Waals surface area contributed by atoms with Crippen LogP contribution < -0.4 is 4.74 Å². The van der Waals surface area contributed by atoms with Crippen molar-refractivity contribution in [1.82, 2.24) is 4.57 Å². The Hall–Kier alpha value is -1.62. The van der Waals surface area contributed by atoms with Crippen molar-refractivity contribution in [2.75, 3.05) is 6.61 Å². The van der Waals surface area contributed by atoms with Crippen LogP contribution in [0.3, 0.4) is 0 Å². The van der Waals surface area contributed by atoms with Crippen molar-refractivity contribution in [2.24, 2.45) is 0 Å². The van der Waals surface area contributed by atoms with Crippen LogP contribution in [-0.4, -0.2) is 17.0 Å². The molecule has 0 aliphatic carbocycles. The number of hydrogen-bond donors (Lipinski definition) is 0. The summed E-state index contributed by atoms with van der Waals surface area (Å²) < 4.78 is 21.3. The predicted molar refractivity (Wildman–Crippen MR) is 83.5 cm³/mol. The lowest BCUT2D eigenvalue weighted by molar-refractivity contribution is 0.0920. The van der Waals surface area contributed by atoms with Crippen molar-refractivity contribution in [3.05, 3.63) is 51.5 Å². The van der Waals surface area contributed by atoms with Crippen molar-refractivity contribution in [3.8, 4) is 5.75 Å². The van der Waals surface area contributed by atoms with Crippen molar-refractivity contribution in [1.29, 1.82) is 0 Å². The Labute approximate surface area is 131 Å². The Bertz CT molecular complexity index is 659. The first kappa shape index (κ1) is 15.8. The van der Waals surface area contributed by atoms with Crippen molar-refractivity contribution >= 4 is 21.7 Å². The van der Waals surface area contributed by atoms with E-state index in [-0.39, 0.29) is 12.4 Å². The Morgan fingerprint density at radius 1 is 1.29 bits per heavy atom. The fourth-order valence-electron chi connectivity index (χ4n) is 2.41. The fraction of sp³-hybridized carbons (Fsp3) is 0.312. The summed E-state index contributed by atoms with van der Waals surface area (Å²) in [4.78, 5) is 12.2. The quantitative estimate of drug-likeness (QED) is 0.750. The van der Waals surface area contributed by atoms with Crippen molar-refractivity contribution < 1.29 is 13.9 Å². The zero-order valence-electron chi connectivity index (χ0n) is 12.2. The first-order chi connectivity index (χ1) is 9.92. The smallest absolute Gasteiger partial charge is 0.202 e. The molecule has 1 heterocycles. The van der Waals surface area contributed by atoms with Crippen LogP contribution in [0.4, 0.5) is 4.39 Å². The number of hydrogen-bond acceptors (Lipinski definition) is 2. The maximum atomic E-state index is 13.2. The van der Waals surface area contributed by atoms with Gasteiger partial charge in [0.1, 0.15) is 11.6 Å². The van der Waals surface area contributed by atoms with Gasteiger partial charge in [-0.1, -0.05) is 15.9 Å². The Kier molecular flexibility index (Phi) is 4.83. The van der Waals surface area contributed by atoms with Gasteiger partial charge in [0.25, 0.3) is 0 Å². The van der Waals surface area contributed by atoms with Crippen LogP contribution in [0, 0.1) is 19.7 Å². The number of aromatic nitrogens is 1. The zero-order valence-corrected chi connectivity index (χ0v) is 13.8. The molecule has 21 heavy (non-hydrogen) atoms. The van der Waals surface area contributed by atoms with Crippen LogP contribution in [0.1, 0.15) is 28.7 Å². The van der Waals surface area contributed by atoms with Crippen LogP contribution in [0.25, 0.3) is 0 Å². The summed E-state index contributed by atoms with van der Waals surface area (Å²) in [5.74, 6) is -0.182. The van der Waals surface area contributed by atoms with Gasteiger partial charge in [-0.25, -0.2) is 4.39 Å². The van der Waals surface area contributed by atoms with Gasteiger partial charge in [-0.2, -0.15) is 0 Å². The van der Waals surface area contributed by atoms with Crippen LogP contribution in [0.15, 0.2) is 28.7 Å². The number of carbonyl (C=O) groups excluding carboxylic acids is 1. The fourth-order valence-corrected chi connectivity index (χ4v) is 2.85. The molecular formula is C16H17BrFNO2. The van der Waals surface area contributed by atoms with E-state index in [1.165, 1.54) is 12.1 Å². The summed E-state index contributed by atoms with van der Waals surface area (Å²) in [7, 11) is 0. The van der Waals surface area contributed by atoms with E-state index in [9.17, 15) is 9.18 Å². The van der Waals surface area contributed by atoms with Gasteiger partial charge in [-0.05, 0) is 39.0 Å². The summed E-state index contributed by atoms with van der Waals surface area (Å²) in [6, 6.07) is 6.09. The SMILES string of the molecule is CCn1c(C)cc(C(=O)COc2cc(F)cc(Br)c2)c1C. The molecule has 0 aliphatic heterocycles. The molecule has 0 unspecified atom stereocenters. The number of Topliss-reactive ketones (excluding diaryl/α,β-unsaturated/α-hetero) is 1. The largest absolute Gasteiger partial charge is 0.485 e. The molecule has 0 N–H and O–H groups in total. The molecule has 0 saturated heterocycles. The zero-order chi connectivity index (χ0) is 15.6. The highest BCUT2D eigenvalue weighted by Crippen LogP contribution is 2.21. The van der Waals surface area contributed by atoms with Crippen LogP contribution in [-0.2, 0) is 6.54 Å². The molecule has 0 atom stereocenters. The number of benzene rings is 1. The number of nitrogens with zero attached hydrogens (tertiary/aromatic N) is 1. The molecule has 2 rings (SSSR count). The molecule has 0 spiro atoms. The highest BCUT2D eigenvalue weighted by molar-refractivity contribution is 9.10. The van der Waals surface area contributed by atoms with Gasteiger partial charge in [0.15, 0.2) is 6.61 Å². The van der Waals surface area contributed by atoms with Crippen molar-refractivity contribution in [3.63, 3.8) is 0 Å². The maximum Gasteiger partial charge on any atom is 0.202 e. The highest BCUT2D eigenvalue weighted by atomic mass is 79.9. The second-order valence-electron chi connectivity index (χ2n) is 4.85. The standard InChI is InChI=1S/C16H17BrFNO2/c1-4-19-10(2)5-15(11(19)3)16(20)9-21-14-7-12(17)6-13(18)8-14/h5-8H,4,9H2,1-3H3. The molecule has 1 aromatic carbocycles. The third kappa shape index (κ3) is 3.53. The minimum Gasteiger partial charge on any atom is -0.485 e. The van der Waals surface area contributed by atoms with E-state index in [0.29, 0.717) is 15.8 Å². The molecule has 0 fully saturated rings. The highest BCUT2D eigenvalue weighted by Gasteiger charge is 2.15. The van der Waals surface area contributed by atoms with E-state index in [1.54, 1.807) is 6.07 Å². The average Bonchev–Trinajstić information content (AvgIpc) is 2.70. The summed E-state index contributed by atoms with van der Waals surface area (Å²) in [5.41, 5.74) is 2.64. The topological polar surface area (TPSA) is 31.2 Å². The molecule has 0 bridgehead atoms. The van der Waals surface area contributed by atoms with E-state index >= 15 is 0 Å². The van der Waals surface area contributed by atoms with E-state index in [1.807, 2.05) is 26.8 Å². The number of carbonyl (C=O) groups is 1. The monoisotopic (exact) mass is 353 g/mol. The molecular weight excluding hydrogens is 337 g/mol. The minimum atomic E-state index is -0.406. The lowest BCUT2D eigenvalue weighted by Gasteiger charge is -2.07. The molecule has 2 aromatic rings. The second kappa shape index (κ2) is 6.43. The number of aryl methyl sites for hydroxylation is 1. The third-order valence-corrected chi connectivity index (χ3v) is 3.85. The maximum absolute atomic E-state index is 13.2. The number of ether oxygens (including phenoxy) is 1. The van der Waals surface area contributed by atoms with Gasteiger partial charge in [0.2, 0.25) is 5.78 Å². The Balaban J connectivity index is 2.12. The van der Waals surface area contributed by atoms with E-state index in [4.69, 9.17) is 4.74 Å². The molecule has 0 radical (unpaired) electrons. The number of rotatable bonds is 5. The first-order valence-electron chi connectivity index (χ1n) is 6.71. The molecule has 5 heteroatoms. The summed E-state index contributed by atoms with van der Waals surface area (Å²) >= 11 is 3.19. The van der Waals surface area contributed by atoms with Gasteiger partial charge in [-0.3, -0.25) is 4.79 Å². The van der Waals surface area contributed by atoms with Gasteiger partial charge in [0, 0.05) is 34.0 Å². The van der Waals surface area contributed by atoms with Gasteiger partial charge in [-0.15, -0.1) is 0 Å². The molecule has 0 saturated carbocycles. The molecule has 0 amide bonds. The molecule has 1 aromatic heterocycles. The molecule has 3 nitrogen and oxygen atoms in total. The Morgan fingerprint density at radius 3 is 2.57 bits per heavy atom. The number of ketones is 1. The summed E-state index contributed by atoms with van der Waals surface area (Å²) in [5, 5.41) is 0. The van der Waals surface area contributed by atoms with Crippen LogP contribution >= 0.6 is 15.9 Å². The second-order valence-corrected chi connectivity index (χ2v) is 5.76. The van der Waals surface area contributed by atoms with Crippen LogP contribution in [0.5, 0.6) is 5.75 Å². The average molecular weight is 354 g/mol. The minimum absolute atomic E-state index is 0.107. The van der Waals surface area contributed by atoms with E-state index in [0.717, 1.165) is 17.9 Å². The lowest BCUT2D eigenvalue weighted by atomic mass is 10.1. The first-order valence-corrected chi connectivity index (χ1v) is 7.50. The van der Waals surface area contributed by atoms with Gasteiger partial charge >= 0.3 is 0 Å². The normalized spacial score (nSPS) is 10.7. The Morgan fingerprint density at radius 2 is 2.00 bits per heavy atom. The van der Waals surface area contributed by atoms with E-state index < -0.39 is 5.82 Å². The molecule has 0 aliphatic rings. The van der Waals surface area contributed by atoms with Crippen LogP contribution in [0.2, 0.25) is 0 Å². The van der Waals surface area contributed by atoms with Gasteiger partial charge in [0.05, 0.1) is 0 Å². The van der Waals surface area contributed by atoms with Crippen molar-refractivity contribution in [2.45, 2.75) is 27.3 Å². The number of halogens is 2. The molecule has 112 valence electrons. The summed E-state index contributed by atoms with van der Waals surface area (Å²) in [6.07, 6.45) is 0. The lowest BCUT2D eigenvalue weighted by Crippen LogP contribution is -2.13. The van der Waals surface area contributed by atoms with Gasteiger partial charge < -0.3 is 9.30 Å². The summed E-state index contributed by atoms with van der Waals surface area (Å²) in [6.45, 7) is 6.64. The predicted octanol–water partition coefficient (Wildman–Crippen LogP) is 4.29. The third-order valence-electron chi connectivity index (χ3n) is 3.40. The van der Waals surface area contributed by atoms with E-state index in [2.05, 4.69) is 20.5 Å².